The minimum atomic E-state index is 0.707. The van der Waals surface area contributed by atoms with Crippen molar-refractivity contribution in [1.29, 1.82) is 0 Å². The van der Waals surface area contributed by atoms with E-state index in [1.165, 1.54) is 49.4 Å². The quantitative estimate of drug-likeness (QED) is 0.928. The molecule has 1 heterocycles. The predicted octanol–water partition coefficient (Wildman–Crippen LogP) is 2.95. The lowest BCUT2D eigenvalue weighted by molar-refractivity contribution is 0.107. The Balaban J connectivity index is 1.72. The van der Waals surface area contributed by atoms with Gasteiger partial charge in [0, 0.05) is 30.6 Å². The molecule has 1 saturated heterocycles. The molecule has 3 rings (SSSR count). The molecule has 0 amide bonds. The predicted molar refractivity (Wildman–Crippen MR) is 88.3 cm³/mol. The fraction of sp³-hybridized carbons (Fsp3) is 0.647. The van der Waals surface area contributed by atoms with Crippen LogP contribution in [0.2, 0.25) is 0 Å². The van der Waals surface area contributed by atoms with Crippen LogP contribution in [0.3, 0.4) is 0 Å². The lowest BCUT2D eigenvalue weighted by Crippen LogP contribution is -2.49. The van der Waals surface area contributed by atoms with Crippen LogP contribution in [0.5, 0.6) is 0 Å². The van der Waals surface area contributed by atoms with E-state index in [0.717, 1.165) is 12.5 Å². The van der Waals surface area contributed by atoms with Crippen LogP contribution >= 0.6 is 11.8 Å². The molecule has 3 heteroatoms. The second kappa shape index (κ2) is 6.97. The van der Waals surface area contributed by atoms with Crippen LogP contribution in [-0.4, -0.2) is 42.1 Å². The van der Waals surface area contributed by atoms with Crippen LogP contribution in [-0.2, 0) is 0 Å². The maximum atomic E-state index is 6.05. The summed E-state index contributed by atoms with van der Waals surface area (Å²) in [6, 6.07) is 11.8. The molecule has 2 nitrogen and oxygen atoms in total. The van der Waals surface area contributed by atoms with E-state index in [-0.39, 0.29) is 0 Å². The molecule has 1 aromatic carbocycles. The van der Waals surface area contributed by atoms with Crippen molar-refractivity contribution in [1.82, 2.24) is 4.90 Å². The lowest BCUT2D eigenvalue weighted by atomic mass is 9.75. The van der Waals surface area contributed by atoms with Crippen molar-refractivity contribution >= 4 is 11.8 Å². The molecule has 0 spiro atoms. The fourth-order valence-electron chi connectivity index (χ4n) is 3.87. The third kappa shape index (κ3) is 3.21. The number of thioether (sulfide) groups is 1. The zero-order valence-corrected chi connectivity index (χ0v) is 13.0. The third-order valence-corrected chi connectivity index (χ3v) is 5.99. The van der Waals surface area contributed by atoms with E-state index in [1.54, 1.807) is 0 Å². The summed E-state index contributed by atoms with van der Waals surface area (Å²) in [4.78, 5) is 2.73. The Kier molecular flexibility index (Phi) is 5.03. The Labute approximate surface area is 127 Å². The van der Waals surface area contributed by atoms with Gasteiger partial charge in [0.05, 0.1) is 0 Å². The highest BCUT2D eigenvalue weighted by atomic mass is 32.2. The molecular weight excluding hydrogens is 264 g/mol. The largest absolute Gasteiger partial charge is 0.330 e. The minimum absolute atomic E-state index is 0.707. The smallest absolute Gasteiger partial charge is 0.0142 e. The van der Waals surface area contributed by atoms with E-state index in [4.69, 9.17) is 5.73 Å². The van der Waals surface area contributed by atoms with E-state index in [9.17, 15) is 0 Å². The number of rotatable bonds is 3. The highest BCUT2D eigenvalue weighted by Crippen LogP contribution is 2.38. The molecule has 110 valence electrons. The third-order valence-electron chi connectivity index (χ3n) is 5.04. The van der Waals surface area contributed by atoms with E-state index < -0.39 is 0 Å². The van der Waals surface area contributed by atoms with E-state index >= 15 is 0 Å². The number of benzene rings is 1. The average Bonchev–Trinajstić information content (AvgIpc) is 2.56. The van der Waals surface area contributed by atoms with Gasteiger partial charge in [-0.1, -0.05) is 30.3 Å². The van der Waals surface area contributed by atoms with E-state index in [1.807, 2.05) is 0 Å². The van der Waals surface area contributed by atoms with Gasteiger partial charge < -0.3 is 5.73 Å². The summed E-state index contributed by atoms with van der Waals surface area (Å²) < 4.78 is 0. The summed E-state index contributed by atoms with van der Waals surface area (Å²) in [6.45, 7) is 3.37. The highest BCUT2D eigenvalue weighted by molar-refractivity contribution is 7.99. The average molecular weight is 290 g/mol. The summed E-state index contributed by atoms with van der Waals surface area (Å²) in [6.07, 6.45) is 3.91. The standard InChI is InChI=1S/C17H26N2S/c18-13-16-7-6-15(14-4-2-1-3-5-14)12-17(16)19-8-10-20-11-9-19/h1-5,15-17H,6-13,18H2. The van der Waals surface area contributed by atoms with Gasteiger partial charge in [-0.3, -0.25) is 4.90 Å². The van der Waals surface area contributed by atoms with Gasteiger partial charge in [0.2, 0.25) is 0 Å². The molecule has 3 atom stereocenters. The van der Waals surface area contributed by atoms with Crippen LogP contribution in [0.4, 0.5) is 0 Å². The van der Waals surface area contributed by atoms with Crippen molar-refractivity contribution in [2.45, 2.75) is 31.2 Å². The zero-order chi connectivity index (χ0) is 13.8. The maximum absolute atomic E-state index is 6.05. The highest BCUT2D eigenvalue weighted by Gasteiger charge is 2.34. The van der Waals surface area contributed by atoms with Gasteiger partial charge in [-0.05, 0) is 43.2 Å². The fourth-order valence-corrected chi connectivity index (χ4v) is 4.80. The Morgan fingerprint density at radius 2 is 1.85 bits per heavy atom. The van der Waals surface area contributed by atoms with Gasteiger partial charge in [-0.25, -0.2) is 0 Å². The first kappa shape index (κ1) is 14.4. The van der Waals surface area contributed by atoms with Gasteiger partial charge in [-0.15, -0.1) is 0 Å². The van der Waals surface area contributed by atoms with Gasteiger partial charge in [-0.2, -0.15) is 11.8 Å². The zero-order valence-electron chi connectivity index (χ0n) is 12.2. The molecule has 0 aromatic heterocycles. The first-order valence-electron chi connectivity index (χ1n) is 7.95. The van der Waals surface area contributed by atoms with E-state index in [0.29, 0.717) is 12.0 Å². The van der Waals surface area contributed by atoms with Crippen LogP contribution in [0, 0.1) is 5.92 Å². The molecule has 0 radical (unpaired) electrons. The van der Waals surface area contributed by atoms with Crippen molar-refractivity contribution in [3.8, 4) is 0 Å². The SMILES string of the molecule is NCC1CCC(c2ccccc2)CC1N1CCSCC1. The molecule has 2 N–H and O–H groups in total. The van der Waals surface area contributed by atoms with Crippen molar-refractivity contribution in [3.63, 3.8) is 0 Å². The molecule has 0 bridgehead atoms. The summed E-state index contributed by atoms with van der Waals surface area (Å²) in [5, 5.41) is 0. The second-order valence-corrected chi connectivity index (χ2v) is 7.36. The Morgan fingerprint density at radius 1 is 1.10 bits per heavy atom. The number of nitrogens with zero attached hydrogens (tertiary/aromatic N) is 1. The first-order chi connectivity index (χ1) is 9.88. The number of nitrogens with two attached hydrogens (primary N) is 1. The topological polar surface area (TPSA) is 29.3 Å². The molecule has 2 fully saturated rings. The molecular formula is C17H26N2S. The van der Waals surface area contributed by atoms with Crippen molar-refractivity contribution in [2.75, 3.05) is 31.1 Å². The summed E-state index contributed by atoms with van der Waals surface area (Å²) >= 11 is 2.10. The van der Waals surface area contributed by atoms with Gasteiger partial charge >= 0.3 is 0 Å². The maximum Gasteiger partial charge on any atom is 0.0142 e. The summed E-state index contributed by atoms with van der Waals surface area (Å²) in [5.41, 5.74) is 7.58. The summed E-state index contributed by atoms with van der Waals surface area (Å²) in [7, 11) is 0. The molecule has 3 unspecified atom stereocenters. The Hall–Kier alpha value is -0.510. The molecule has 20 heavy (non-hydrogen) atoms. The minimum Gasteiger partial charge on any atom is -0.330 e. The van der Waals surface area contributed by atoms with Crippen molar-refractivity contribution in [3.05, 3.63) is 35.9 Å². The normalized spacial score (nSPS) is 32.1. The van der Waals surface area contributed by atoms with Crippen molar-refractivity contribution in [2.24, 2.45) is 11.7 Å². The lowest BCUT2D eigenvalue weighted by Gasteiger charge is -2.44. The molecule has 1 aliphatic heterocycles. The van der Waals surface area contributed by atoms with Crippen LogP contribution in [0.15, 0.2) is 30.3 Å². The molecule has 1 aromatic rings. The van der Waals surface area contributed by atoms with Crippen molar-refractivity contribution < 1.29 is 0 Å². The number of hydrogen-bond donors (Lipinski definition) is 1. The van der Waals surface area contributed by atoms with Crippen LogP contribution in [0.1, 0.15) is 30.7 Å². The Bertz CT molecular complexity index is 403. The first-order valence-corrected chi connectivity index (χ1v) is 9.10. The number of hydrogen-bond acceptors (Lipinski definition) is 3. The van der Waals surface area contributed by atoms with Crippen LogP contribution in [0.25, 0.3) is 0 Å². The van der Waals surface area contributed by atoms with Gasteiger partial charge in [0.15, 0.2) is 0 Å². The molecule has 2 aliphatic rings. The Morgan fingerprint density at radius 3 is 2.55 bits per heavy atom. The molecule has 1 saturated carbocycles. The monoisotopic (exact) mass is 290 g/mol. The van der Waals surface area contributed by atoms with Crippen LogP contribution < -0.4 is 5.73 Å². The second-order valence-electron chi connectivity index (χ2n) is 6.13. The van der Waals surface area contributed by atoms with Gasteiger partial charge in [0.1, 0.15) is 0 Å². The molecule has 1 aliphatic carbocycles. The van der Waals surface area contributed by atoms with Gasteiger partial charge in [0.25, 0.3) is 0 Å². The van der Waals surface area contributed by atoms with E-state index in [2.05, 4.69) is 47.0 Å². The summed E-state index contributed by atoms with van der Waals surface area (Å²) in [5.74, 6) is 4.03.